The number of carbonyl (C=O) groups excluding carboxylic acids is 1. The Hall–Kier alpha value is -3.08. The van der Waals surface area contributed by atoms with Crippen molar-refractivity contribution in [3.63, 3.8) is 0 Å². The van der Waals surface area contributed by atoms with E-state index in [4.69, 9.17) is 4.42 Å². The van der Waals surface area contributed by atoms with Gasteiger partial charge in [-0.3, -0.25) is 4.79 Å². The molecule has 3 rings (SSSR count). The van der Waals surface area contributed by atoms with E-state index in [-0.39, 0.29) is 5.91 Å². The highest BCUT2D eigenvalue weighted by molar-refractivity contribution is 5.91. The van der Waals surface area contributed by atoms with Crippen LogP contribution in [0.15, 0.2) is 65.4 Å². The highest BCUT2D eigenvalue weighted by Gasteiger charge is 2.08. The van der Waals surface area contributed by atoms with E-state index in [0.717, 1.165) is 22.8 Å². The van der Waals surface area contributed by atoms with Gasteiger partial charge < -0.3 is 9.32 Å². The molecular weight excluding hydrogens is 302 g/mol. The summed E-state index contributed by atoms with van der Waals surface area (Å²) >= 11 is 0. The molecule has 122 valence electrons. The van der Waals surface area contributed by atoms with Crippen LogP contribution in [0, 0.1) is 6.92 Å². The van der Waals surface area contributed by atoms with Crippen LogP contribution in [0.1, 0.15) is 17.1 Å². The summed E-state index contributed by atoms with van der Waals surface area (Å²) in [5, 5.41) is 4.31. The molecule has 0 spiro atoms. The van der Waals surface area contributed by atoms with Gasteiger partial charge in [-0.05, 0) is 37.3 Å². The van der Waals surface area contributed by atoms with Crippen molar-refractivity contribution >= 4 is 12.0 Å². The molecule has 0 bridgehead atoms. The molecule has 0 radical (unpaired) electrons. The standard InChI is InChI=1S/C19H19N3O2/c1-15-8-10-18(24-15)14-21(2)19(23)11-9-16-12-20-22(13-16)17-6-4-3-5-7-17/h3-13H,14H2,1-2H3. The molecule has 3 aromatic rings. The fourth-order valence-electron chi connectivity index (χ4n) is 2.32. The van der Waals surface area contributed by atoms with Crippen LogP contribution in [0.3, 0.4) is 0 Å². The minimum Gasteiger partial charge on any atom is -0.464 e. The van der Waals surface area contributed by atoms with Gasteiger partial charge in [-0.1, -0.05) is 18.2 Å². The first-order valence-corrected chi connectivity index (χ1v) is 7.70. The molecule has 0 saturated carbocycles. The third-order valence-corrected chi connectivity index (χ3v) is 3.61. The lowest BCUT2D eigenvalue weighted by atomic mass is 10.3. The number of likely N-dealkylation sites (N-methyl/N-ethyl adjacent to an activating group) is 1. The molecule has 5 heteroatoms. The Bertz CT molecular complexity index is 846. The fourth-order valence-corrected chi connectivity index (χ4v) is 2.32. The average molecular weight is 321 g/mol. The van der Waals surface area contributed by atoms with Crippen LogP contribution in [-0.2, 0) is 11.3 Å². The van der Waals surface area contributed by atoms with Gasteiger partial charge in [0.1, 0.15) is 11.5 Å². The predicted molar refractivity (Wildman–Crippen MR) is 92.5 cm³/mol. The van der Waals surface area contributed by atoms with Crippen LogP contribution in [0.5, 0.6) is 0 Å². The van der Waals surface area contributed by atoms with Crippen molar-refractivity contribution in [1.82, 2.24) is 14.7 Å². The zero-order valence-electron chi connectivity index (χ0n) is 13.7. The molecule has 1 amide bonds. The molecule has 0 fully saturated rings. The summed E-state index contributed by atoms with van der Waals surface area (Å²) in [5.41, 5.74) is 1.85. The Morgan fingerprint density at radius 1 is 1.25 bits per heavy atom. The number of benzene rings is 1. The molecule has 0 N–H and O–H groups in total. The second kappa shape index (κ2) is 7.00. The summed E-state index contributed by atoms with van der Waals surface area (Å²) in [6.07, 6.45) is 6.92. The molecule has 0 saturated heterocycles. The van der Waals surface area contributed by atoms with Crippen LogP contribution in [0.2, 0.25) is 0 Å². The van der Waals surface area contributed by atoms with E-state index in [1.54, 1.807) is 35.0 Å². The number of furan rings is 1. The number of carbonyl (C=O) groups is 1. The number of hydrogen-bond donors (Lipinski definition) is 0. The number of nitrogens with zero attached hydrogens (tertiary/aromatic N) is 3. The van der Waals surface area contributed by atoms with Crippen molar-refractivity contribution in [1.29, 1.82) is 0 Å². The third-order valence-electron chi connectivity index (χ3n) is 3.61. The number of rotatable bonds is 5. The van der Waals surface area contributed by atoms with Crippen molar-refractivity contribution in [3.8, 4) is 5.69 Å². The normalized spacial score (nSPS) is 11.1. The molecule has 1 aromatic carbocycles. The fraction of sp³-hybridized carbons (Fsp3) is 0.158. The van der Waals surface area contributed by atoms with Crippen molar-refractivity contribution in [2.75, 3.05) is 7.05 Å². The van der Waals surface area contributed by atoms with Crippen LogP contribution >= 0.6 is 0 Å². The van der Waals surface area contributed by atoms with Gasteiger partial charge in [-0.2, -0.15) is 5.10 Å². The Kier molecular flexibility index (Phi) is 4.61. The van der Waals surface area contributed by atoms with E-state index in [0.29, 0.717) is 6.54 Å². The molecule has 0 unspecified atom stereocenters. The first-order valence-electron chi connectivity index (χ1n) is 7.70. The first-order chi connectivity index (χ1) is 11.6. The molecule has 2 heterocycles. The van der Waals surface area contributed by atoms with Gasteiger partial charge in [0.2, 0.25) is 5.91 Å². The summed E-state index contributed by atoms with van der Waals surface area (Å²) in [6.45, 7) is 2.33. The zero-order valence-corrected chi connectivity index (χ0v) is 13.7. The smallest absolute Gasteiger partial charge is 0.246 e. The van der Waals surface area contributed by atoms with Crippen LogP contribution in [0.25, 0.3) is 11.8 Å². The summed E-state index contributed by atoms with van der Waals surface area (Å²) in [5.74, 6) is 1.53. The number of para-hydroxylation sites is 1. The van der Waals surface area contributed by atoms with Crippen molar-refractivity contribution in [2.45, 2.75) is 13.5 Å². The van der Waals surface area contributed by atoms with Crippen LogP contribution in [0.4, 0.5) is 0 Å². The minimum atomic E-state index is -0.0866. The lowest BCUT2D eigenvalue weighted by Crippen LogP contribution is -2.23. The van der Waals surface area contributed by atoms with Gasteiger partial charge in [0.05, 0.1) is 18.4 Å². The molecule has 5 nitrogen and oxygen atoms in total. The first kappa shape index (κ1) is 15.8. The number of aromatic nitrogens is 2. The van der Waals surface area contributed by atoms with Gasteiger partial charge >= 0.3 is 0 Å². The molecule has 2 aromatic heterocycles. The second-order valence-corrected chi connectivity index (χ2v) is 5.59. The van der Waals surface area contributed by atoms with E-state index in [2.05, 4.69) is 5.10 Å². The lowest BCUT2D eigenvalue weighted by Gasteiger charge is -2.12. The van der Waals surface area contributed by atoms with Crippen molar-refractivity contribution < 1.29 is 9.21 Å². The maximum absolute atomic E-state index is 12.2. The molecule has 0 aliphatic carbocycles. The van der Waals surface area contributed by atoms with E-state index < -0.39 is 0 Å². The Morgan fingerprint density at radius 2 is 2.04 bits per heavy atom. The van der Waals surface area contributed by atoms with Crippen LogP contribution in [-0.4, -0.2) is 27.6 Å². The second-order valence-electron chi connectivity index (χ2n) is 5.59. The zero-order chi connectivity index (χ0) is 16.9. The minimum absolute atomic E-state index is 0.0866. The van der Waals surface area contributed by atoms with E-state index in [1.807, 2.05) is 55.6 Å². The predicted octanol–water partition coefficient (Wildman–Crippen LogP) is 3.45. The average Bonchev–Trinajstić information content (AvgIpc) is 3.22. The van der Waals surface area contributed by atoms with Gasteiger partial charge in [0.25, 0.3) is 0 Å². The molecule has 0 aliphatic rings. The molecule has 0 aliphatic heterocycles. The topological polar surface area (TPSA) is 51.3 Å². The van der Waals surface area contributed by atoms with Gasteiger partial charge in [-0.15, -0.1) is 0 Å². The molecule has 24 heavy (non-hydrogen) atoms. The third kappa shape index (κ3) is 3.81. The van der Waals surface area contributed by atoms with Gasteiger partial charge in [0, 0.05) is 24.9 Å². The van der Waals surface area contributed by atoms with Crippen molar-refractivity contribution in [3.05, 3.63) is 78.0 Å². The summed E-state index contributed by atoms with van der Waals surface area (Å²) in [7, 11) is 1.75. The van der Waals surface area contributed by atoms with Gasteiger partial charge in [-0.25, -0.2) is 4.68 Å². The quantitative estimate of drug-likeness (QED) is 0.676. The highest BCUT2D eigenvalue weighted by atomic mass is 16.3. The number of aryl methyl sites for hydroxylation is 1. The van der Waals surface area contributed by atoms with Crippen LogP contribution < -0.4 is 0 Å². The maximum atomic E-state index is 12.2. The van der Waals surface area contributed by atoms with E-state index >= 15 is 0 Å². The summed E-state index contributed by atoms with van der Waals surface area (Å²) in [6, 6.07) is 13.6. The summed E-state index contributed by atoms with van der Waals surface area (Å²) < 4.78 is 7.27. The highest BCUT2D eigenvalue weighted by Crippen LogP contribution is 2.11. The maximum Gasteiger partial charge on any atom is 0.246 e. The number of hydrogen-bond acceptors (Lipinski definition) is 3. The Balaban J connectivity index is 1.63. The molecule has 0 atom stereocenters. The largest absolute Gasteiger partial charge is 0.464 e. The monoisotopic (exact) mass is 321 g/mol. The summed E-state index contributed by atoms with van der Waals surface area (Å²) in [4.78, 5) is 13.8. The Morgan fingerprint density at radius 3 is 2.75 bits per heavy atom. The van der Waals surface area contributed by atoms with Crippen molar-refractivity contribution in [2.24, 2.45) is 0 Å². The van der Waals surface area contributed by atoms with Gasteiger partial charge in [0.15, 0.2) is 0 Å². The van der Waals surface area contributed by atoms with E-state index in [9.17, 15) is 4.79 Å². The van der Waals surface area contributed by atoms with E-state index in [1.165, 1.54) is 0 Å². The lowest BCUT2D eigenvalue weighted by molar-refractivity contribution is -0.125. The SMILES string of the molecule is Cc1ccc(CN(C)C(=O)C=Cc2cnn(-c3ccccc3)c2)o1. The molecular formula is C19H19N3O2. The number of amides is 1. The Labute approximate surface area is 140 Å².